The van der Waals surface area contributed by atoms with Gasteiger partial charge in [-0.3, -0.25) is 0 Å². The summed E-state index contributed by atoms with van der Waals surface area (Å²) in [5, 5.41) is 8.85. The molecule has 0 aromatic heterocycles. The first-order chi connectivity index (χ1) is 7.47. The van der Waals surface area contributed by atoms with Gasteiger partial charge in [0, 0.05) is 37.1 Å². The van der Waals surface area contributed by atoms with Crippen molar-refractivity contribution in [2.24, 2.45) is 0 Å². The van der Waals surface area contributed by atoms with Crippen molar-refractivity contribution in [2.45, 2.75) is 24.9 Å². The normalized spacial score (nSPS) is 15.1. The highest BCUT2D eigenvalue weighted by Crippen LogP contribution is 2.24. The second-order valence-electron chi connectivity index (χ2n) is 3.39. The number of carboxylic acid groups (broad SMARTS) is 1. The third-order valence-corrected chi connectivity index (χ3v) is 3.24. The summed E-state index contributed by atoms with van der Waals surface area (Å²) >= 11 is 0. The number of methoxy groups -OCH3 is 3. The molecule has 0 bridgehead atoms. The van der Waals surface area contributed by atoms with Crippen molar-refractivity contribution < 1.29 is 24.1 Å². The lowest BCUT2D eigenvalue weighted by Gasteiger charge is -2.34. The Balaban J connectivity index is 5.24. The summed E-state index contributed by atoms with van der Waals surface area (Å²) in [6.45, 7) is 1.49. The molecule has 0 heterocycles. The van der Waals surface area contributed by atoms with Crippen LogP contribution in [0.15, 0.2) is 11.6 Å². The smallest absolute Gasteiger partial charge is 0.331 e. The number of carboxylic acids is 1. The van der Waals surface area contributed by atoms with E-state index in [0.717, 1.165) is 16.3 Å². The molecule has 6 heteroatoms. The van der Waals surface area contributed by atoms with E-state index < -0.39 is 11.8 Å². The van der Waals surface area contributed by atoms with E-state index in [9.17, 15) is 4.79 Å². The van der Waals surface area contributed by atoms with E-state index in [-0.39, 0.29) is 11.7 Å². The third kappa shape index (κ3) is 3.41. The average molecular weight is 248 g/mol. The second kappa shape index (κ2) is 6.80. The van der Waals surface area contributed by atoms with Gasteiger partial charge in [-0.2, -0.15) is 0 Å². The molecule has 0 saturated heterocycles. The molecule has 0 aromatic rings. The summed E-state index contributed by atoms with van der Waals surface area (Å²) in [5.41, 5.74) is 0.167. The Labute approximate surface area is 98.8 Å². The minimum absolute atomic E-state index is 0.167. The van der Waals surface area contributed by atoms with E-state index >= 15 is 0 Å². The fourth-order valence-corrected chi connectivity index (χ4v) is 2.44. The Bertz CT molecular complexity index is 256. The van der Waals surface area contributed by atoms with E-state index in [4.69, 9.17) is 19.3 Å². The summed E-state index contributed by atoms with van der Waals surface area (Å²) in [6, 6.07) is 0.779. The molecule has 94 valence electrons. The van der Waals surface area contributed by atoms with Gasteiger partial charge in [0.15, 0.2) is 0 Å². The Hall–Kier alpha value is -0.693. The summed E-state index contributed by atoms with van der Waals surface area (Å²) in [7, 11) is 5.40. The minimum atomic E-state index is -1.13. The Morgan fingerprint density at radius 1 is 1.44 bits per heavy atom. The van der Waals surface area contributed by atoms with E-state index in [1.54, 1.807) is 7.11 Å². The maximum atomic E-state index is 10.8. The average Bonchev–Trinajstić information content (AvgIpc) is 2.28. The quantitative estimate of drug-likeness (QED) is 0.384. The van der Waals surface area contributed by atoms with Gasteiger partial charge in [0.05, 0.1) is 0 Å². The predicted molar refractivity (Wildman–Crippen MR) is 63.7 cm³/mol. The summed E-state index contributed by atoms with van der Waals surface area (Å²) in [5.74, 6) is -2.12. The highest BCUT2D eigenvalue weighted by Gasteiger charge is 2.37. The zero-order valence-corrected chi connectivity index (χ0v) is 12.4. The van der Waals surface area contributed by atoms with Crippen molar-refractivity contribution in [1.82, 2.24) is 0 Å². The first-order valence-electron chi connectivity index (χ1n) is 5.03. The van der Waals surface area contributed by atoms with Crippen molar-refractivity contribution >= 4 is 16.2 Å². The molecular formula is C10H20O5Si. The number of rotatable bonds is 7. The monoisotopic (exact) mass is 248 g/mol. The van der Waals surface area contributed by atoms with Gasteiger partial charge in [-0.05, 0) is 19.0 Å². The predicted octanol–water partition coefficient (Wildman–Crippen LogP) is -0.195. The van der Waals surface area contributed by atoms with Gasteiger partial charge in [0.2, 0.25) is 5.79 Å². The summed E-state index contributed by atoms with van der Waals surface area (Å²) < 4.78 is 15.8. The van der Waals surface area contributed by atoms with Crippen LogP contribution in [0.1, 0.15) is 6.92 Å². The van der Waals surface area contributed by atoms with Gasteiger partial charge in [0.25, 0.3) is 0 Å². The molecule has 0 amide bonds. The molecule has 1 unspecified atom stereocenters. The fraction of sp³-hybridized carbons (Fsp3) is 0.700. The second-order valence-corrected chi connectivity index (χ2v) is 4.21. The van der Waals surface area contributed by atoms with E-state index in [1.165, 1.54) is 27.2 Å². The molecule has 0 saturated carbocycles. The van der Waals surface area contributed by atoms with Gasteiger partial charge >= 0.3 is 5.97 Å². The lowest BCUT2D eigenvalue weighted by molar-refractivity contribution is -0.228. The van der Waals surface area contributed by atoms with E-state index in [2.05, 4.69) is 0 Å². The zero-order valence-electron chi connectivity index (χ0n) is 10.4. The molecule has 0 aliphatic carbocycles. The fourth-order valence-electron chi connectivity index (χ4n) is 1.54. The maximum absolute atomic E-state index is 10.8. The number of ether oxygens (including phenoxy) is 3. The Morgan fingerprint density at radius 2 is 1.94 bits per heavy atom. The van der Waals surface area contributed by atoms with Crippen LogP contribution in [0, 0.1) is 0 Å². The standard InChI is InChI=1S/C10H20O5Si/c1-7(9(11)12)5-10(14-3,15-4)8(6-16)13-2/h5,8H,6H2,1-4,16H3,(H,11,12). The topological polar surface area (TPSA) is 65.0 Å². The van der Waals surface area contributed by atoms with Crippen molar-refractivity contribution in [3.8, 4) is 0 Å². The van der Waals surface area contributed by atoms with Crippen LogP contribution >= 0.6 is 0 Å². The molecule has 1 atom stereocenters. The number of carbonyl (C=O) groups is 1. The Morgan fingerprint density at radius 3 is 2.19 bits per heavy atom. The number of aliphatic carboxylic acids is 1. The summed E-state index contributed by atoms with van der Waals surface area (Å²) in [4.78, 5) is 10.8. The van der Waals surface area contributed by atoms with Gasteiger partial charge in [-0.1, -0.05) is 0 Å². The van der Waals surface area contributed by atoms with Crippen LogP contribution in [0.25, 0.3) is 0 Å². The van der Waals surface area contributed by atoms with Crippen molar-refractivity contribution in [1.29, 1.82) is 0 Å². The number of hydrogen-bond donors (Lipinski definition) is 1. The molecule has 0 rings (SSSR count). The first kappa shape index (κ1) is 15.3. The van der Waals surface area contributed by atoms with Crippen molar-refractivity contribution in [3.63, 3.8) is 0 Å². The van der Waals surface area contributed by atoms with Crippen LogP contribution in [0.4, 0.5) is 0 Å². The first-order valence-corrected chi connectivity index (χ1v) is 6.44. The highest BCUT2D eigenvalue weighted by atomic mass is 28.1. The summed E-state index contributed by atoms with van der Waals surface area (Å²) in [6.07, 6.45) is 1.14. The van der Waals surface area contributed by atoms with Gasteiger partial charge in [0.1, 0.15) is 6.10 Å². The third-order valence-electron chi connectivity index (χ3n) is 2.50. The molecule has 0 aliphatic rings. The molecule has 0 aromatic carbocycles. The van der Waals surface area contributed by atoms with Crippen LogP contribution in [0.2, 0.25) is 6.04 Å². The lowest BCUT2D eigenvalue weighted by atomic mass is 10.1. The van der Waals surface area contributed by atoms with Crippen LogP contribution < -0.4 is 0 Å². The van der Waals surface area contributed by atoms with E-state index in [0.29, 0.717) is 0 Å². The van der Waals surface area contributed by atoms with Gasteiger partial charge in [-0.15, -0.1) is 0 Å². The molecule has 16 heavy (non-hydrogen) atoms. The van der Waals surface area contributed by atoms with Crippen LogP contribution in [0.3, 0.4) is 0 Å². The largest absolute Gasteiger partial charge is 0.478 e. The number of hydrogen-bond acceptors (Lipinski definition) is 4. The van der Waals surface area contributed by atoms with Crippen LogP contribution in [-0.2, 0) is 19.0 Å². The van der Waals surface area contributed by atoms with Crippen molar-refractivity contribution in [2.75, 3.05) is 21.3 Å². The molecule has 0 fully saturated rings. The molecule has 0 radical (unpaired) electrons. The zero-order chi connectivity index (χ0) is 12.8. The SMILES string of the molecule is COC(C[SiH3])C(C=C(C)C(=O)O)(OC)OC. The minimum Gasteiger partial charge on any atom is -0.478 e. The molecule has 5 nitrogen and oxygen atoms in total. The van der Waals surface area contributed by atoms with Gasteiger partial charge in [-0.25, -0.2) is 4.79 Å². The highest BCUT2D eigenvalue weighted by molar-refractivity contribution is 6.09. The lowest BCUT2D eigenvalue weighted by Crippen LogP contribution is -2.45. The Kier molecular flexibility index (Phi) is 6.50. The van der Waals surface area contributed by atoms with Crippen LogP contribution in [-0.4, -0.2) is 54.5 Å². The molecule has 0 aliphatic heterocycles. The van der Waals surface area contributed by atoms with E-state index in [1.807, 2.05) is 0 Å². The van der Waals surface area contributed by atoms with Crippen molar-refractivity contribution in [3.05, 3.63) is 11.6 Å². The molecule has 0 spiro atoms. The molecule has 1 N–H and O–H groups in total. The molecular weight excluding hydrogens is 228 g/mol. The van der Waals surface area contributed by atoms with Gasteiger partial charge < -0.3 is 19.3 Å². The maximum Gasteiger partial charge on any atom is 0.331 e. The van der Waals surface area contributed by atoms with Crippen LogP contribution in [0.5, 0.6) is 0 Å².